The van der Waals surface area contributed by atoms with E-state index in [0.29, 0.717) is 24.1 Å². The van der Waals surface area contributed by atoms with Crippen molar-refractivity contribution in [3.63, 3.8) is 0 Å². The number of benzene rings is 1. The first-order chi connectivity index (χ1) is 9.54. The van der Waals surface area contributed by atoms with Crippen molar-refractivity contribution < 1.29 is 9.18 Å². The van der Waals surface area contributed by atoms with E-state index in [2.05, 4.69) is 21.2 Å². The monoisotopic (exact) mass is 373 g/mol. The number of amides is 1. The molecule has 1 aromatic heterocycles. The Hall–Kier alpha value is -0.910. The van der Waals surface area contributed by atoms with Gasteiger partial charge in [-0.05, 0) is 57.1 Å². The molecule has 0 aliphatic carbocycles. The van der Waals surface area contributed by atoms with Crippen molar-refractivity contribution in [1.29, 1.82) is 0 Å². The van der Waals surface area contributed by atoms with Crippen LogP contribution in [0.5, 0.6) is 0 Å². The molecule has 1 atom stereocenters. The molecule has 2 aromatic rings. The highest BCUT2D eigenvalue weighted by Gasteiger charge is 2.22. The van der Waals surface area contributed by atoms with Crippen molar-refractivity contribution in [3.8, 4) is 0 Å². The van der Waals surface area contributed by atoms with Crippen LogP contribution in [0.15, 0.2) is 27.4 Å². The van der Waals surface area contributed by atoms with Crippen LogP contribution in [0.4, 0.5) is 10.1 Å². The molecule has 1 aliphatic heterocycles. The first-order valence-corrected chi connectivity index (χ1v) is 8.15. The van der Waals surface area contributed by atoms with E-state index >= 15 is 0 Å². The van der Waals surface area contributed by atoms with Gasteiger partial charge in [-0.25, -0.2) is 4.39 Å². The lowest BCUT2D eigenvalue weighted by Crippen LogP contribution is -2.19. The summed E-state index contributed by atoms with van der Waals surface area (Å²) in [6, 6.07) is 5.01. The number of hydrogen-bond acceptors (Lipinski definition) is 2. The molecule has 1 unspecified atom stereocenters. The highest BCUT2D eigenvalue weighted by Crippen LogP contribution is 2.37. The fourth-order valence-corrected chi connectivity index (χ4v) is 3.82. The number of halogens is 3. The van der Waals surface area contributed by atoms with Gasteiger partial charge in [0.15, 0.2) is 0 Å². The van der Waals surface area contributed by atoms with Gasteiger partial charge in [-0.3, -0.25) is 4.79 Å². The van der Waals surface area contributed by atoms with Gasteiger partial charge in [0.1, 0.15) is 5.82 Å². The number of aryl methyl sites for hydroxylation is 1. The number of carbonyl (C=O) groups excluding carboxylic acids is 1. The summed E-state index contributed by atoms with van der Waals surface area (Å²) in [5.41, 5.74) is 2.80. The number of thiophene rings is 1. The Morgan fingerprint density at radius 3 is 2.85 bits per heavy atom. The van der Waals surface area contributed by atoms with Crippen LogP contribution in [0.25, 0.3) is 0 Å². The van der Waals surface area contributed by atoms with Crippen LogP contribution in [0.1, 0.15) is 28.5 Å². The van der Waals surface area contributed by atoms with Gasteiger partial charge < -0.3 is 5.32 Å². The molecule has 0 radical (unpaired) electrons. The standard InChI is InChI=1S/C14H10BrClFNOS/c15-12-4-8(6-20-12)14(16)9-3-7-1-2-13(19)18-11(7)5-10(9)17/h3-6,14H,1-2H2,(H,18,19). The van der Waals surface area contributed by atoms with E-state index in [1.54, 1.807) is 6.07 Å². The number of fused-ring (bicyclic) bond motifs is 1. The summed E-state index contributed by atoms with van der Waals surface area (Å²) in [6.07, 6.45) is 1.04. The second-order valence-corrected chi connectivity index (χ2v) is 7.35. The van der Waals surface area contributed by atoms with Crippen molar-refractivity contribution in [3.05, 3.63) is 49.9 Å². The first kappa shape index (κ1) is 14.0. The average molecular weight is 375 g/mol. The van der Waals surface area contributed by atoms with Gasteiger partial charge >= 0.3 is 0 Å². The maximum Gasteiger partial charge on any atom is 0.224 e. The van der Waals surface area contributed by atoms with Crippen molar-refractivity contribution in [2.24, 2.45) is 0 Å². The number of alkyl halides is 1. The second kappa shape index (κ2) is 5.47. The molecule has 1 aliphatic rings. The van der Waals surface area contributed by atoms with Crippen molar-refractivity contribution >= 4 is 50.5 Å². The molecule has 3 rings (SSSR count). The van der Waals surface area contributed by atoms with E-state index < -0.39 is 11.2 Å². The molecule has 0 fully saturated rings. The van der Waals surface area contributed by atoms with Crippen LogP contribution in [-0.4, -0.2) is 5.91 Å². The van der Waals surface area contributed by atoms with Crippen LogP contribution in [-0.2, 0) is 11.2 Å². The van der Waals surface area contributed by atoms with E-state index in [-0.39, 0.29) is 5.91 Å². The minimum absolute atomic E-state index is 0.0751. The van der Waals surface area contributed by atoms with Gasteiger partial charge in [-0.2, -0.15) is 0 Å². The van der Waals surface area contributed by atoms with Gasteiger partial charge in [0.2, 0.25) is 5.91 Å². The Bertz CT molecular complexity index is 688. The number of nitrogens with one attached hydrogen (secondary N) is 1. The lowest BCUT2D eigenvalue weighted by molar-refractivity contribution is -0.116. The normalized spacial score (nSPS) is 15.7. The average Bonchev–Trinajstić information content (AvgIpc) is 2.84. The first-order valence-electron chi connectivity index (χ1n) is 6.05. The molecule has 0 spiro atoms. The van der Waals surface area contributed by atoms with Gasteiger partial charge in [-0.15, -0.1) is 22.9 Å². The Morgan fingerprint density at radius 1 is 1.35 bits per heavy atom. The predicted octanol–water partition coefficient (Wildman–Crippen LogP) is 4.86. The van der Waals surface area contributed by atoms with E-state index in [0.717, 1.165) is 14.9 Å². The molecule has 20 heavy (non-hydrogen) atoms. The third kappa shape index (κ3) is 2.62. The molecular formula is C14H10BrClFNOS. The minimum atomic E-state index is -0.527. The van der Waals surface area contributed by atoms with Gasteiger partial charge in [0.05, 0.1) is 9.16 Å². The molecule has 1 N–H and O–H groups in total. The summed E-state index contributed by atoms with van der Waals surface area (Å²) >= 11 is 11.3. The fourth-order valence-electron chi connectivity index (χ4n) is 2.25. The van der Waals surface area contributed by atoms with Crippen molar-refractivity contribution in [2.45, 2.75) is 18.2 Å². The molecule has 0 saturated carbocycles. The zero-order valence-corrected chi connectivity index (χ0v) is 13.4. The SMILES string of the molecule is O=C1CCc2cc(C(Cl)c3csc(Br)c3)c(F)cc2N1. The van der Waals surface area contributed by atoms with Crippen LogP contribution in [0.2, 0.25) is 0 Å². The maximum atomic E-state index is 14.2. The van der Waals surface area contributed by atoms with Crippen LogP contribution < -0.4 is 5.32 Å². The molecule has 2 nitrogen and oxygen atoms in total. The predicted molar refractivity (Wildman–Crippen MR) is 83.1 cm³/mol. The number of rotatable bonds is 2. The lowest BCUT2D eigenvalue weighted by atomic mass is 9.97. The Balaban J connectivity index is 2.00. The van der Waals surface area contributed by atoms with Gasteiger partial charge in [0.25, 0.3) is 0 Å². The topological polar surface area (TPSA) is 29.1 Å². The third-order valence-electron chi connectivity index (χ3n) is 3.27. The summed E-state index contributed by atoms with van der Waals surface area (Å²) in [5, 5.41) is 4.06. The Kier molecular flexibility index (Phi) is 3.84. The van der Waals surface area contributed by atoms with Crippen LogP contribution >= 0.6 is 38.9 Å². The van der Waals surface area contributed by atoms with Crippen LogP contribution in [0, 0.1) is 5.82 Å². The lowest BCUT2D eigenvalue weighted by Gasteiger charge is -2.19. The van der Waals surface area contributed by atoms with E-state index in [4.69, 9.17) is 11.6 Å². The largest absolute Gasteiger partial charge is 0.326 e. The summed E-state index contributed by atoms with van der Waals surface area (Å²) < 4.78 is 15.2. The van der Waals surface area contributed by atoms with E-state index in [9.17, 15) is 9.18 Å². The van der Waals surface area contributed by atoms with Crippen molar-refractivity contribution in [2.75, 3.05) is 5.32 Å². The number of carbonyl (C=O) groups is 1. The second-order valence-electron chi connectivity index (χ2n) is 4.63. The minimum Gasteiger partial charge on any atom is -0.326 e. The zero-order chi connectivity index (χ0) is 14.3. The highest BCUT2D eigenvalue weighted by atomic mass is 79.9. The molecule has 1 aromatic carbocycles. The molecule has 2 heterocycles. The smallest absolute Gasteiger partial charge is 0.224 e. The molecule has 0 bridgehead atoms. The third-order valence-corrected chi connectivity index (χ3v) is 5.28. The Morgan fingerprint density at radius 2 is 2.15 bits per heavy atom. The summed E-state index contributed by atoms with van der Waals surface area (Å²) in [4.78, 5) is 11.3. The number of hydrogen-bond donors (Lipinski definition) is 1. The summed E-state index contributed by atoms with van der Waals surface area (Å²) in [5.74, 6) is -0.470. The van der Waals surface area contributed by atoms with E-state index in [1.807, 2.05) is 11.4 Å². The maximum absolute atomic E-state index is 14.2. The molecule has 1 amide bonds. The summed E-state index contributed by atoms with van der Waals surface area (Å²) in [7, 11) is 0. The zero-order valence-electron chi connectivity index (χ0n) is 10.3. The molecule has 6 heteroatoms. The van der Waals surface area contributed by atoms with E-state index in [1.165, 1.54) is 17.4 Å². The quantitative estimate of drug-likeness (QED) is 0.747. The molecule has 0 saturated heterocycles. The van der Waals surface area contributed by atoms with Gasteiger partial charge in [0, 0.05) is 17.7 Å². The number of anilines is 1. The van der Waals surface area contributed by atoms with Gasteiger partial charge in [-0.1, -0.05) is 0 Å². The molecule has 104 valence electrons. The highest BCUT2D eigenvalue weighted by molar-refractivity contribution is 9.11. The Labute approximate surface area is 133 Å². The molecular weight excluding hydrogens is 365 g/mol. The summed E-state index contributed by atoms with van der Waals surface area (Å²) in [6.45, 7) is 0. The fraction of sp³-hybridized carbons (Fsp3) is 0.214. The van der Waals surface area contributed by atoms with Crippen molar-refractivity contribution in [1.82, 2.24) is 0 Å². The van der Waals surface area contributed by atoms with Crippen LogP contribution in [0.3, 0.4) is 0 Å².